The third-order valence-corrected chi connectivity index (χ3v) is 4.65. The second kappa shape index (κ2) is 7.32. The Balaban J connectivity index is 1.94. The zero-order chi connectivity index (χ0) is 18.7. The molecule has 0 saturated heterocycles. The van der Waals surface area contributed by atoms with E-state index in [1.54, 1.807) is 17.5 Å². The summed E-state index contributed by atoms with van der Waals surface area (Å²) >= 11 is 7.12. The molecule has 0 saturated carbocycles. The van der Waals surface area contributed by atoms with Gasteiger partial charge in [-0.2, -0.15) is 18.4 Å². The van der Waals surface area contributed by atoms with Crippen LogP contribution in [0.5, 0.6) is 0 Å². The third kappa shape index (κ3) is 4.13. The molecule has 1 aromatic heterocycles. The standard InChI is InChI=1S/C19H10ClF3N2S/c20-16-6-4-13(5-7-16)17-11-26-18(25-17)14(10-24)8-12-2-1-3-15(9-12)19(21,22)23/h1-9,11H/b14-8-. The number of alkyl halides is 3. The molecule has 0 spiro atoms. The number of allylic oxidation sites excluding steroid dienone is 1. The van der Waals surface area contributed by atoms with E-state index >= 15 is 0 Å². The zero-order valence-electron chi connectivity index (χ0n) is 13.1. The van der Waals surface area contributed by atoms with Gasteiger partial charge >= 0.3 is 6.18 Å². The van der Waals surface area contributed by atoms with E-state index in [1.807, 2.05) is 18.2 Å². The lowest BCUT2D eigenvalue weighted by atomic mass is 10.1. The van der Waals surface area contributed by atoms with Crippen molar-refractivity contribution < 1.29 is 13.2 Å². The van der Waals surface area contributed by atoms with Crippen LogP contribution < -0.4 is 0 Å². The largest absolute Gasteiger partial charge is 0.416 e. The van der Waals surface area contributed by atoms with Gasteiger partial charge in [0.1, 0.15) is 11.1 Å². The highest BCUT2D eigenvalue weighted by atomic mass is 35.5. The van der Waals surface area contributed by atoms with Crippen molar-refractivity contribution in [2.75, 3.05) is 0 Å². The molecule has 0 amide bonds. The van der Waals surface area contributed by atoms with E-state index in [0.717, 1.165) is 17.7 Å². The average molecular weight is 391 g/mol. The number of rotatable bonds is 3. The van der Waals surface area contributed by atoms with Crippen LogP contribution in [0.15, 0.2) is 53.9 Å². The molecule has 0 unspecified atom stereocenters. The zero-order valence-corrected chi connectivity index (χ0v) is 14.7. The lowest BCUT2D eigenvalue weighted by Crippen LogP contribution is -2.04. The van der Waals surface area contributed by atoms with Gasteiger partial charge in [0.2, 0.25) is 0 Å². The first-order valence-electron chi connectivity index (χ1n) is 7.38. The van der Waals surface area contributed by atoms with Crippen molar-refractivity contribution in [3.63, 3.8) is 0 Å². The van der Waals surface area contributed by atoms with Gasteiger partial charge in [-0.3, -0.25) is 0 Å². The maximum atomic E-state index is 12.8. The first kappa shape index (κ1) is 18.2. The van der Waals surface area contributed by atoms with E-state index in [4.69, 9.17) is 11.6 Å². The van der Waals surface area contributed by atoms with Gasteiger partial charge in [-0.1, -0.05) is 35.9 Å². The Morgan fingerprint density at radius 1 is 1.15 bits per heavy atom. The van der Waals surface area contributed by atoms with Gasteiger partial charge < -0.3 is 0 Å². The third-order valence-electron chi connectivity index (χ3n) is 3.52. The summed E-state index contributed by atoms with van der Waals surface area (Å²) in [4.78, 5) is 4.41. The highest BCUT2D eigenvalue weighted by Crippen LogP contribution is 2.31. The van der Waals surface area contributed by atoms with Crippen LogP contribution in [-0.2, 0) is 6.18 Å². The van der Waals surface area contributed by atoms with Crippen LogP contribution in [0.1, 0.15) is 16.1 Å². The van der Waals surface area contributed by atoms with Crippen molar-refractivity contribution >= 4 is 34.6 Å². The van der Waals surface area contributed by atoms with Crippen molar-refractivity contribution in [3.05, 3.63) is 75.1 Å². The summed E-state index contributed by atoms with van der Waals surface area (Å²) in [5, 5.41) is 12.2. The molecule has 130 valence electrons. The van der Waals surface area contributed by atoms with Crippen LogP contribution in [0.4, 0.5) is 13.2 Å². The van der Waals surface area contributed by atoms with Crippen LogP contribution in [0, 0.1) is 11.3 Å². The van der Waals surface area contributed by atoms with E-state index in [2.05, 4.69) is 4.98 Å². The number of aromatic nitrogens is 1. The van der Waals surface area contributed by atoms with Gasteiger partial charge in [0.15, 0.2) is 0 Å². The van der Waals surface area contributed by atoms with Crippen molar-refractivity contribution in [2.45, 2.75) is 6.18 Å². The quantitative estimate of drug-likeness (QED) is 0.475. The van der Waals surface area contributed by atoms with Crippen LogP contribution in [0.25, 0.3) is 22.9 Å². The molecule has 3 aromatic rings. The maximum Gasteiger partial charge on any atom is 0.416 e. The first-order valence-corrected chi connectivity index (χ1v) is 8.63. The average Bonchev–Trinajstić information content (AvgIpc) is 3.10. The molecule has 2 nitrogen and oxygen atoms in total. The Morgan fingerprint density at radius 2 is 1.88 bits per heavy atom. The molecule has 0 atom stereocenters. The molecular formula is C19H10ClF3N2S. The van der Waals surface area contributed by atoms with Gasteiger partial charge in [0.25, 0.3) is 0 Å². The Labute approximate surface area is 156 Å². The normalized spacial score (nSPS) is 12.0. The maximum absolute atomic E-state index is 12.8. The number of hydrogen-bond donors (Lipinski definition) is 0. The molecule has 0 aliphatic rings. The highest BCUT2D eigenvalue weighted by molar-refractivity contribution is 7.11. The molecule has 7 heteroatoms. The molecule has 0 N–H and O–H groups in total. The molecular weight excluding hydrogens is 381 g/mol. The smallest absolute Gasteiger partial charge is 0.235 e. The molecule has 0 aliphatic heterocycles. The van der Waals surface area contributed by atoms with Gasteiger partial charge in [0, 0.05) is 16.0 Å². The van der Waals surface area contributed by atoms with Crippen LogP contribution in [0.3, 0.4) is 0 Å². The van der Waals surface area contributed by atoms with Crippen molar-refractivity contribution in [3.8, 4) is 17.3 Å². The number of hydrogen-bond acceptors (Lipinski definition) is 3. The predicted molar refractivity (Wildman–Crippen MR) is 97.5 cm³/mol. The highest BCUT2D eigenvalue weighted by Gasteiger charge is 2.30. The number of benzene rings is 2. The molecule has 2 aromatic carbocycles. The van der Waals surface area contributed by atoms with Gasteiger partial charge in [-0.25, -0.2) is 4.98 Å². The molecule has 0 bridgehead atoms. The number of nitrogens with zero attached hydrogens (tertiary/aromatic N) is 2. The first-order chi connectivity index (χ1) is 12.4. The Hall–Kier alpha value is -2.62. The Morgan fingerprint density at radius 3 is 2.54 bits per heavy atom. The summed E-state index contributed by atoms with van der Waals surface area (Å²) in [6.07, 6.45) is -3.03. The van der Waals surface area contributed by atoms with E-state index in [9.17, 15) is 18.4 Å². The number of nitriles is 1. The second-order valence-corrected chi connectivity index (χ2v) is 6.63. The fourth-order valence-electron chi connectivity index (χ4n) is 2.26. The number of thiazole rings is 1. The van der Waals surface area contributed by atoms with Gasteiger partial charge in [-0.15, -0.1) is 11.3 Å². The van der Waals surface area contributed by atoms with Crippen LogP contribution in [0.2, 0.25) is 5.02 Å². The van der Waals surface area contributed by atoms with Gasteiger partial charge in [-0.05, 0) is 35.9 Å². The Kier molecular flexibility index (Phi) is 5.12. The molecule has 0 aliphatic carbocycles. The summed E-state index contributed by atoms with van der Waals surface area (Å²) < 4.78 is 38.5. The van der Waals surface area contributed by atoms with Gasteiger partial charge in [0.05, 0.1) is 16.8 Å². The summed E-state index contributed by atoms with van der Waals surface area (Å²) in [6.45, 7) is 0. The van der Waals surface area contributed by atoms with Crippen LogP contribution in [-0.4, -0.2) is 4.98 Å². The topological polar surface area (TPSA) is 36.7 Å². The monoisotopic (exact) mass is 390 g/mol. The SMILES string of the molecule is N#C/C(=C/c1cccc(C(F)(F)F)c1)c1nc(-c2ccc(Cl)cc2)cs1. The molecule has 3 rings (SSSR count). The minimum atomic E-state index is -4.43. The minimum absolute atomic E-state index is 0.203. The molecule has 26 heavy (non-hydrogen) atoms. The summed E-state index contributed by atoms with van der Waals surface area (Å²) in [6, 6.07) is 13.9. The predicted octanol–water partition coefficient (Wildman–Crippen LogP) is 6.55. The van der Waals surface area contributed by atoms with E-state index < -0.39 is 11.7 Å². The fourth-order valence-corrected chi connectivity index (χ4v) is 3.18. The van der Waals surface area contributed by atoms with E-state index in [-0.39, 0.29) is 5.57 Å². The van der Waals surface area contributed by atoms with Crippen molar-refractivity contribution in [2.24, 2.45) is 0 Å². The summed E-state index contributed by atoms with van der Waals surface area (Å²) in [5.41, 5.74) is 1.25. The summed E-state index contributed by atoms with van der Waals surface area (Å²) in [5.74, 6) is 0. The lowest BCUT2D eigenvalue weighted by Gasteiger charge is -2.06. The molecule has 0 fully saturated rings. The molecule has 0 radical (unpaired) electrons. The summed E-state index contributed by atoms with van der Waals surface area (Å²) in [7, 11) is 0. The minimum Gasteiger partial charge on any atom is -0.235 e. The van der Waals surface area contributed by atoms with Crippen LogP contribution >= 0.6 is 22.9 Å². The molecule has 1 heterocycles. The van der Waals surface area contributed by atoms with Crippen molar-refractivity contribution in [1.29, 1.82) is 5.26 Å². The van der Waals surface area contributed by atoms with Crippen molar-refractivity contribution in [1.82, 2.24) is 4.98 Å². The fraction of sp³-hybridized carbons (Fsp3) is 0.0526. The van der Waals surface area contributed by atoms with E-state index in [0.29, 0.717) is 21.3 Å². The van der Waals surface area contributed by atoms with E-state index in [1.165, 1.54) is 29.5 Å². The Bertz CT molecular complexity index is 999. The lowest BCUT2D eigenvalue weighted by molar-refractivity contribution is -0.137. The number of halogens is 4. The second-order valence-electron chi connectivity index (χ2n) is 5.34.